The molecule has 2 aromatic carbocycles. The number of amides is 1. The quantitative estimate of drug-likeness (QED) is 0.446. The molecular formula is C24H25N3O3. The highest BCUT2D eigenvalue weighted by atomic mass is 16.5. The number of ether oxygens (including phenoxy) is 1. The van der Waals surface area contributed by atoms with Gasteiger partial charge in [-0.3, -0.25) is 9.48 Å². The molecule has 1 amide bonds. The van der Waals surface area contributed by atoms with Gasteiger partial charge in [-0.25, -0.2) is 4.79 Å². The molecule has 0 radical (unpaired) electrons. The first-order valence-corrected chi connectivity index (χ1v) is 9.70. The van der Waals surface area contributed by atoms with Crippen LogP contribution >= 0.6 is 0 Å². The van der Waals surface area contributed by atoms with Gasteiger partial charge in [0.05, 0.1) is 12.2 Å². The van der Waals surface area contributed by atoms with E-state index >= 15 is 0 Å². The van der Waals surface area contributed by atoms with Crippen LogP contribution in [0.5, 0.6) is 0 Å². The first-order chi connectivity index (χ1) is 14.4. The number of nitrogens with zero attached hydrogens (tertiary/aromatic N) is 3. The summed E-state index contributed by atoms with van der Waals surface area (Å²) in [6.07, 6.45) is 4.06. The van der Waals surface area contributed by atoms with Crippen molar-refractivity contribution in [3.8, 4) is 11.3 Å². The number of esters is 1. The van der Waals surface area contributed by atoms with E-state index in [4.69, 9.17) is 9.84 Å². The molecule has 1 aromatic heterocycles. The summed E-state index contributed by atoms with van der Waals surface area (Å²) in [7, 11) is 3.24. The van der Waals surface area contributed by atoms with Gasteiger partial charge in [0.1, 0.15) is 0 Å². The second-order valence-electron chi connectivity index (χ2n) is 7.13. The van der Waals surface area contributed by atoms with E-state index in [0.717, 1.165) is 22.4 Å². The standard InChI is InChI=1S/C24H25N3O3/c1-18(24(29)26(2)3)30-22(28)15-14-21-17-27(16-19-10-6-4-7-11-19)25-23(21)20-12-8-5-9-13-20/h4-15,17-18H,16H2,1-3H3/b15-14+/t18-/m0/s1. The number of rotatable bonds is 7. The Balaban J connectivity index is 1.82. The van der Waals surface area contributed by atoms with Crippen molar-refractivity contribution in [1.29, 1.82) is 0 Å². The SMILES string of the molecule is C[C@H](OC(=O)/C=C/c1cn(Cc2ccccc2)nc1-c1ccccc1)C(=O)N(C)C. The van der Waals surface area contributed by atoms with Crippen LogP contribution in [0.1, 0.15) is 18.1 Å². The monoisotopic (exact) mass is 403 g/mol. The Labute approximate surface area is 176 Å². The summed E-state index contributed by atoms with van der Waals surface area (Å²) in [6, 6.07) is 19.8. The van der Waals surface area contributed by atoms with Crippen LogP contribution in [-0.2, 0) is 20.9 Å². The van der Waals surface area contributed by atoms with Crippen LogP contribution in [0.4, 0.5) is 0 Å². The number of hydrogen-bond acceptors (Lipinski definition) is 4. The van der Waals surface area contributed by atoms with E-state index in [2.05, 4.69) is 0 Å². The van der Waals surface area contributed by atoms with Crippen LogP contribution < -0.4 is 0 Å². The van der Waals surface area contributed by atoms with E-state index in [0.29, 0.717) is 6.54 Å². The molecule has 0 saturated heterocycles. The number of carbonyl (C=O) groups is 2. The van der Waals surface area contributed by atoms with Crippen molar-refractivity contribution in [3.63, 3.8) is 0 Å². The minimum absolute atomic E-state index is 0.266. The molecular weight excluding hydrogens is 378 g/mol. The van der Waals surface area contributed by atoms with Crippen molar-refractivity contribution in [1.82, 2.24) is 14.7 Å². The van der Waals surface area contributed by atoms with Crippen LogP contribution in [0.2, 0.25) is 0 Å². The molecule has 0 saturated carbocycles. The molecule has 3 aromatic rings. The summed E-state index contributed by atoms with van der Waals surface area (Å²) >= 11 is 0. The van der Waals surface area contributed by atoms with Gasteiger partial charge < -0.3 is 9.64 Å². The lowest BCUT2D eigenvalue weighted by Crippen LogP contribution is -2.34. The fourth-order valence-corrected chi connectivity index (χ4v) is 3.02. The predicted octanol–water partition coefficient (Wildman–Crippen LogP) is 3.63. The van der Waals surface area contributed by atoms with Gasteiger partial charge in [0.2, 0.25) is 0 Å². The van der Waals surface area contributed by atoms with E-state index < -0.39 is 12.1 Å². The third-order valence-corrected chi connectivity index (χ3v) is 4.51. The molecule has 0 aliphatic rings. The Morgan fingerprint density at radius 2 is 1.70 bits per heavy atom. The summed E-state index contributed by atoms with van der Waals surface area (Å²) in [4.78, 5) is 25.5. The highest BCUT2D eigenvalue weighted by Crippen LogP contribution is 2.23. The van der Waals surface area contributed by atoms with Gasteiger partial charge in [-0.1, -0.05) is 60.7 Å². The largest absolute Gasteiger partial charge is 0.449 e. The van der Waals surface area contributed by atoms with Gasteiger partial charge >= 0.3 is 5.97 Å². The van der Waals surface area contributed by atoms with Gasteiger partial charge in [-0.2, -0.15) is 5.10 Å². The number of aromatic nitrogens is 2. The Bertz CT molecular complexity index is 1020. The summed E-state index contributed by atoms with van der Waals surface area (Å²) < 4.78 is 7.05. The van der Waals surface area contributed by atoms with E-state index in [9.17, 15) is 9.59 Å². The third-order valence-electron chi connectivity index (χ3n) is 4.51. The minimum atomic E-state index is -0.841. The molecule has 0 spiro atoms. The smallest absolute Gasteiger partial charge is 0.331 e. The van der Waals surface area contributed by atoms with Crippen molar-refractivity contribution in [2.24, 2.45) is 0 Å². The van der Waals surface area contributed by atoms with Crippen LogP contribution in [0.25, 0.3) is 17.3 Å². The highest BCUT2D eigenvalue weighted by Gasteiger charge is 2.18. The molecule has 0 N–H and O–H groups in total. The molecule has 1 atom stereocenters. The molecule has 0 fully saturated rings. The molecule has 6 nitrogen and oxygen atoms in total. The molecule has 30 heavy (non-hydrogen) atoms. The maximum absolute atomic E-state index is 12.2. The Morgan fingerprint density at radius 3 is 2.33 bits per heavy atom. The van der Waals surface area contributed by atoms with Gasteiger partial charge in [0.15, 0.2) is 6.10 Å². The predicted molar refractivity (Wildman–Crippen MR) is 116 cm³/mol. The fourth-order valence-electron chi connectivity index (χ4n) is 3.02. The summed E-state index contributed by atoms with van der Waals surface area (Å²) in [6.45, 7) is 2.18. The second kappa shape index (κ2) is 9.69. The fraction of sp³-hybridized carbons (Fsp3) is 0.208. The lowest BCUT2D eigenvalue weighted by Gasteiger charge is -2.16. The molecule has 0 aliphatic heterocycles. The molecule has 0 unspecified atom stereocenters. The molecule has 0 aliphatic carbocycles. The Morgan fingerprint density at radius 1 is 1.07 bits per heavy atom. The van der Waals surface area contributed by atoms with Crippen molar-refractivity contribution < 1.29 is 14.3 Å². The topological polar surface area (TPSA) is 64.4 Å². The maximum Gasteiger partial charge on any atom is 0.331 e. The van der Waals surface area contributed by atoms with Gasteiger partial charge in [-0.15, -0.1) is 0 Å². The molecule has 6 heteroatoms. The highest BCUT2D eigenvalue weighted by molar-refractivity contribution is 5.91. The van der Waals surface area contributed by atoms with Gasteiger partial charge in [-0.05, 0) is 18.6 Å². The lowest BCUT2D eigenvalue weighted by molar-refractivity contribution is -0.153. The van der Waals surface area contributed by atoms with Crippen molar-refractivity contribution in [2.45, 2.75) is 19.6 Å². The average molecular weight is 403 g/mol. The average Bonchev–Trinajstić information content (AvgIpc) is 3.15. The lowest BCUT2D eigenvalue weighted by atomic mass is 10.1. The van der Waals surface area contributed by atoms with Gasteiger partial charge in [0, 0.05) is 37.5 Å². The molecule has 0 bridgehead atoms. The first-order valence-electron chi connectivity index (χ1n) is 9.70. The van der Waals surface area contributed by atoms with Crippen LogP contribution in [-0.4, -0.2) is 46.8 Å². The number of benzene rings is 2. The summed E-state index contributed by atoms with van der Waals surface area (Å²) in [5.74, 6) is -0.843. The van der Waals surface area contributed by atoms with Gasteiger partial charge in [0.25, 0.3) is 5.91 Å². The number of likely N-dealkylation sites (N-methyl/N-ethyl adjacent to an activating group) is 1. The van der Waals surface area contributed by atoms with Crippen LogP contribution in [0.15, 0.2) is 72.9 Å². The third kappa shape index (κ3) is 5.44. The zero-order valence-electron chi connectivity index (χ0n) is 17.4. The molecule has 3 rings (SSSR count). The van der Waals surface area contributed by atoms with E-state index in [1.807, 2.05) is 71.5 Å². The number of carbonyl (C=O) groups excluding carboxylic acids is 2. The minimum Gasteiger partial charge on any atom is -0.449 e. The first kappa shape index (κ1) is 21.0. The zero-order chi connectivity index (χ0) is 21.5. The molecule has 1 heterocycles. The second-order valence-corrected chi connectivity index (χ2v) is 7.13. The van der Waals surface area contributed by atoms with Crippen molar-refractivity contribution in [3.05, 3.63) is 84.1 Å². The number of hydrogen-bond donors (Lipinski definition) is 0. The van der Waals surface area contributed by atoms with E-state index in [1.54, 1.807) is 27.1 Å². The Hall–Kier alpha value is -3.67. The normalized spacial score (nSPS) is 12.0. The van der Waals surface area contributed by atoms with Crippen LogP contribution in [0.3, 0.4) is 0 Å². The maximum atomic E-state index is 12.2. The van der Waals surface area contributed by atoms with E-state index in [1.165, 1.54) is 11.0 Å². The summed E-state index contributed by atoms with van der Waals surface area (Å²) in [5, 5.41) is 4.72. The zero-order valence-corrected chi connectivity index (χ0v) is 17.4. The summed E-state index contributed by atoms with van der Waals surface area (Å²) in [5.41, 5.74) is 3.65. The Kier molecular flexibility index (Phi) is 6.80. The van der Waals surface area contributed by atoms with Crippen molar-refractivity contribution >= 4 is 18.0 Å². The van der Waals surface area contributed by atoms with E-state index in [-0.39, 0.29) is 5.91 Å². The molecule has 154 valence electrons. The van der Waals surface area contributed by atoms with Crippen molar-refractivity contribution in [2.75, 3.05) is 14.1 Å². The van der Waals surface area contributed by atoms with Crippen LogP contribution in [0, 0.1) is 0 Å².